The van der Waals surface area contributed by atoms with Gasteiger partial charge in [-0.1, -0.05) is 60.5 Å². The summed E-state index contributed by atoms with van der Waals surface area (Å²) in [5.74, 6) is -1.64. The van der Waals surface area contributed by atoms with Crippen LogP contribution in [0.25, 0.3) is 0 Å². The summed E-state index contributed by atoms with van der Waals surface area (Å²) in [6.45, 7) is 7.94. The first-order chi connectivity index (χ1) is 18.9. The summed E-state index contributed by atoms with van der Waals surface area (Å²) in [5, 5.41) is 3.18. The highest BCUT2D eigenvalue weighted by atomic mass is 35.5. The fourth-order valence-electron chi connectivity index (χ4n) is 4.08. The molecule has 3 aromatic rings. The van der Waals surface area contributed by atoms with Crippen molar-refractivity contribution < 1.29 is 22.4 Å². The fraction of sp³-hybridized carbons (Fsp3) is 0.333. The maximum atomic E-state index is 14.7. The van der Waals surface area contributed by atoms with Crippen molar-refractivity contribution in [1.82, 2.24) is 10.2 Å². The van der Waals surface area contributed by atoms with Gasteiger partial charge in [0.2, 0.25) is 11.8 Å². The summed E-state index contributed by atoms with van der Waals surface area (Å²) in [6.07, 6.45) is 0.677. The van der Waals surface area contributed by atoms with Crippen LogP contribution in [0.3, 0.4) is 0 Å². The number of nitrogens with zero attached hydrogens (tertiary/aromatic N) is 2. The number of nitrogens with one attached hydrogen (secondary N) is 1. The fourth-order valence-corrected chi connectivity index (χ4v) is 5.72. The molecule has 0 saturated heterocycles. The highest BCUT2D eigenvalue weighted by molar-refractivity contribution is 7.92. The van der Waals surface area contributed by atoms with Gasteiger partial charge in [0.25, 0.3) is 10.0 Å². The van der Waals surface area contributed by atoms with E-state index in [9.17, 15) is 22.4 Å². The van der Waals surface area contributed by atoms with Crippen LogP contribution in [0, 0.1) is 19.7 Å². The molecule has 10 heteroatoms. The Kier molecular flexibility index (Phi) is 10.3. The van der Waals surface area contributed by atoms with Crippen LogP contribution in [0.15, 0.2) is 71.6 Å². The van der Waals surface area contributed by atoms with Gasteiger partial charge in [0, 0.05) is 23.2 Å². The Hall–Kier alpha value is -3.43. The van der Waals surface area contributed by atoms with Crippen molar-refractivity contribution in [3.8, 4) is 0 Å². The molecule has 0 aromatic heterocycles. The zero-order valence-corrected chi connectivity index (χ0v) is 24.9. The number of carbonyl (C=O) groups is 2. The van der Waals surface area contributed by atoms with E-state index in [-0.39, 0.29) is 28.7 Å². The summed E-state index contributed by atoms with van der Waals surface area (Å²) >= 11 is 6.34. The number of sulfonamides is 1. The number of hydrogen-bond donors (Lipinski definition) is 1. The van der Waals surface area contributed by atoms with Crippen LogP contribution in [0.4, 0.5) is 10.1 Å². The minimum atomic E-state index is -4.24. The normalized spacial score (nSPS) is 12.9. The van der Waals surface area contributed by atoms with Crippen molar-refractivity contribution in [2.45, 2.75) is 64.6 Å². The molecule has 0 aliphatic rings. The minimum absolute atomic E-state index is 0.00603. The van der Waals surface area contributed by atoms with E-state index in [0.29, 0.717) is 17.0 Å². The first kappa shape index (κ1) is 31.1. The van der Waals surface area contributed by atoms with Gasteiger partial charge in [0.05, 0.1) is 10.6 Å². The SMILES string of the molecule is CC[C@@H](C)NC(=O)[C@@H](C)N(Cc1ccccc1F)C(=O)CN(c1cccc(Cl)c1C)S(=O)(=O)c1ccc(C)cc1. The van der Waals surface area contributed by atoms with Crippen molar-refractivity contribution >= 4 is 39.1 Å². The van der Waals surface area contributed by atoms with Gasteiger partial charge in [-0.2, -0.15) is 0 Å². The molecule has 2 atom stereocenters. The molecule has 0 radical (unpaired) electrons. The lowest BCUT2D eigenvalue weighted by Gasteiger charge is -2.33. The lowest BCUT2D eigenvalue weighted by Crippen LogP contribution is -2.52. The standard InChI is InChI=1S/C30H35ClFN3O4S/c1-6-21(3)33-30(37)23(5)34(18-24-10-7-8-12-27(24)32)29(36)19-35(28-13-9-11-26(31)22(28)4)40(38,39)25-16-14-20(2)15-17-25/h7-17,21,23H,6,18-19H2,1-5H3,(H,33,37)/t21-,23-/m1/s1. The smallest absolute Gasteiger partial charge is 0.264 e. The monoisotopic (exact) mass is 587 g/mol. The summed E-state index contributed by atoms with van der Waals surface area (Å²) in [7, 11) is -4.24. The van der Waals surface area contributed by atoms with Gasteiger partial charge in [0.1, 0.15) is 18.4 Å². The van der Waals surface area contributed by atoms with E-state index < -0.39 is 40.2 Å². The van der Waals surface area contributed by atoms with Crippen LogP contribution in [0.5, 0.6) is 0 Å². The molecule has 0 bridgehead atoms. The summed E-state index contributed by atoms with van der Waals surface area (Å²) in [5.41, 5.74) is 1.77. The lowest BCUT2D eigenvalue weighted by atomic mass is 10.1. The quantitative estimate of drug-likeness (QED) is 0.315. The number of benzene rings is 3. The van der Waals surface area contributed by atoms with Gasteiger partial charge in [-0.05, 0) is 70.0 Å². The number of rotatable bonds is 11. The van der Waals surface area contributed by atoms with Crippen molar-refractivity contribution in [3.63, 3.8) is 0 Å². The molecule has 40 heavy (non-hydrogen) atoms. The van der Waals surface area contributed by atoms with E-state index in [1.807, 2.05) is 20.8 Å². The molecule has 214 valence electrons. The first-order valence-electron chi connectivity index (χ1n) is 13.0. The lowest BCUT2D eigenvalue weighted by molar-refractivity contribution is -0.139. The maximum absolute atomic E-state index is 14.7. The van der Waals surface area contributed by atoms with E-state index in [0.717, 1.165) is 9.87 Å². The van der Waals surface area contributed by atoms with Crippen LogP contribution in [-0.4, -0.2) is 43.8 Å². The van der Waals surface area contributed by atoms with E-state index in [4.69, 9.17) is 11.6 Å². The van der Waals surface area contributed by atoms with Gasteiger partial charge >= 0.3 is 0 Å². The summed E-state index contributed by atoms with van der Waals surface area (Å²) in [6, 6.07) is 15.9. The van der Waals surface area contributed by atoms with Crippen molar-refractivity contribution in [2.24, 2.45) is 0 Å². The van der Waals surface area contributed by atoms with Gasteiger partial charge < -0.3 is 10.2 Å². The molecule has 0 aliphatic heterocycles. The van der Waals surface area contributed by atoms with Crippen LogP contribution < -0.4 is 9.62 Å². The third kappa shape index (κ3) is 7.20. The van der Waals surface area contributed by atoms with Gasteiger partial charge in [-0.3, -0.25) is 13.9 Å². The Labute approximate surface area is 241 Å². The van der Waals surface area contributed by atoms with E-state index in [1.54, 1.807) is 50.2 Å². The number of anilines is 1. The Morgan fingerprint density at radius 3 is 2.25 bits per heavy atom. The zero-order valence-electron chi connectivity index (χ0n) is 23.3. The highest BCUT2D eigenvalue weighted by Crippen LogP contribution is 2.31. The molecule has 3 rings (SSSR count). The van der Waals surface area contributed by atoms with Crippen LogP contribution in [0.1, 0.15) is 43.9 Å². The van der Waals surface area contributed by atoms with Gasteiger partial charge in [-0.25, -0.2) is 12.8 Å². The van der Waals surface area contributed by atoms with Crippen molar-refractivity contribution in [1.29, 1.82) is 0 Å². The summed E-state index contributed by atoms with van der Waals surface area (Å²) in [4.78, 5) is 28.2. The molecular formula is C30H35ClFN3O4S. The number of amides is 2. The molecular weight excluding hydrogens is 553 g/mol. The molecule has 3 aromatic carbocycles. The highest BCUT2D eigenvalue weighted by Gasteiger charge is 2.33. The molecule has 2 amide bonds. The number of hydrogen-bond acceptors (Lipinski definition) is 4. The molecule has 0 spiro atoms. The predicted molar refractivity (Wildman–Crippen MR) is 156 cm³/mol. The first-order valence-corrected chi connectivity index (χ1v) is 14.9. The third-order valence-corrected chi connectivity index (χ3v) is 9.05. The van der Waals surface area contributed by atoms with Gasteiger partial charge in [-0.15, -0.1) is 0 Å². The second-order valence-electron chi connectivity index (χ2n) is 9.82. The maximum Gasteiger partial charge on any atom is 0.264 e. The Bertz CT molecular complexity index is 1460. The Balaban J connectivity index is 2.08. The molecule has 7 nitrogen and oxygen atoms in total. The average Bonchev–Trinajstić information content (AvgIpc) is 2.92. The van der Waals surface area contributed by atoms with Gasteiger partial charge in [0.15, 0.2) is 0 Å². The molecule has 0 heterocycles. The average molecular weight is 588 g/mol. The minimum Gasteiger partial charge on any atom is -0.352 e. The molecule has 0 unspecified atom stereocenters. The molecule has 0 fully saturated rings. The molecule has 0 saturated carbocycles. The predicted octanol–water partition coefficient (Wildman–Crippen LogP) is 5.62. The zero-order chi connectivity index (χ0) is 29.6. The number of halogens is 2. The van der Waals surface area contributed by atoms with Crippen LogP contribution >= 0.6 is 11.6 Å². The van der Waals surface area contributed by atoms with Crippen LogP contribution in [-0.2, 0) is 26.2 Å². The molecule has 1 N–H and O–H groups in total. The third-order valence-electron chi connectivity index (χ3n) is 6.86. The number of carbonyl (C=O) groups excluding carboxylic acids is 2. The van der Waals surface area contributed by atoms with E-state index in [2.05, 4.69) is 5.32 Å². The second-order valence-corrected chi connectivity index (χ2v) is 12.1. The van der Waals surface area contributed by atoms with E-state index in [1.165, 1.54) is 35.2 Å². The van der Waals surface area contributed by atoms with Crippen LogP contribution in [0.2, 0.25) is 5.02 Å². The topological polar surface area (TPSA) is 86.8 Å². The largest absolute Gasteiger partial charge is 0.352 e. The second kappa shape index (κ2) is 13.3. The molecule has 0 aliphatic carbocycles. The number of aryl methyl sites for hydroxylation is 1. The van der Waals surface area contributed by atoms with E-state index >= 15 is 0 Å². The van der Waals surface area contributed by atoms with Crippen molar-refractivity contribution in [2.75, 3.05) is 10.8 Å². The van der Waals surface area contributed by atoms with Crippen molar-refractivity contribution in [3.05, 3.63) is 94.3 Å². The Morgan fingerprint density at radius 1 is 0.975 bits per heavy atom. The summed E-state index contributed by atoms with van der Waals surface area (Å²) < 4.78 is 43.5. The Morgan fingerprint density at radius 2 is 1.62 bits per heavy atom.